The second-order valence-electron chi connectivity index (χ2n) is 3.16. The lowest BCUT2D eigenvalue weighted by Crippen LogP contribution is -2.12. The van der Waals surface area contributed by atoms with Gasteiger partial charge in [0.1, 0.15) is 6.10 Å². The first kappa shape index (κ1) is 12.9. The van der Waals surface area contributed by atoms with Crippen molar-refractivity contribution in [2.24, 2.45) is 0 Å². The van der Waals surface area contributed by atoms with Crippen molar-refractivity contribution in [2.75, 3.05) is 0 Å². The molecule has 0 spiro atoms. The average molecular weight is 196 g/mol. The average Bonchev–Trinajstić information content (AvgIpc) is 2.12. The highest BCUT2D eigenvalue weighted by Gasteiger charge is 2.05. The molecule has 0 fully saturated rings. The van der Waals surface area contributed by atoms with Crippen LogP contribution in [0.4, 0.5) is 0 Å². The summed E-state index contributed by atoms with van der Waals surface area (Å²) in [6.45, 7) is 5.60. The molecule has 0 aliphatic heterocycles. The predicted octanol–water partition coefficient (Wildman–Crippen LogP) is 3.24. The summed E-state index contributed by atoms with van der Waals surface area (Å²) >= 11 is 0. The van der Waals surface area contributed by atoms with Gasteiger partial charge in [-0.05, 0) is 18.9 Å². The molecule has 0 N–H and O–H groups in total. The first-order chi connectivity index (χ1) is 6.70. The summed E-state index contributed by atoms with van der Waals surface area (Å²) in [5.41, 5.74) is 0. The van der Waals surface area contributed by atoms with Crippen LogP contribution in [0.3, 0.4) is 0 Å². The molecule has 0 heterocycles. The number of allylic oxidation sites excluding steroid dienone is 3. The molecule has 0 saturated carbocycles. The Kier molecular flexibility index (Phi) is 7.90. The van der Waals surface area contributed by atoms with Crippen molar-refractivity contribution in [1.29, 1.82) is 0 Å². The van der Waals surface area contributed by atoms with Crippen LogP contribution in [0.2, 0.25) is 0 Å². The Morgan fingerprint density at radius 1 is 1.36 bits per heavy atom. The van der Waals surface area contributed by atoms with Crippen molar-refractivity contribution >= 4 is 5.97 Å². The number of rotatable bonds is 6. The fourth-order valence-electron chi connectivity index (χ4n) is 1.09. The summed E-state index contributed by atoms with van der Waals surface area (Å²) in [6, 6.07) is 0. The van der Waals surface area contributed by atoms with Crippen molar-refractivity contribution in [3.8, 4) is 0 Å². The third kappa shape index (κ3) is 7.59. The van der Waals surface area contributed by atoms with Crippen molar-refractivity contribution in [3.63, 3.8) is 0 Å². The second kappa shape index (κ2) is 8.54. The lowest BCUT2D eigenvalue weighted by Gasteiger charge is -2.10. The molecule has 0 bridgehead atoms. The first-order valence-corrected chi connectivity index (χ1v) is 5.21. The maximum Gasteiger partial charge on any atom is 0.303 e. The highest BCUT2D eigenvalue weighted by atomic mass is 16.5. The smallest absolute Gasteiger partial charge is 0.303 e. The third-order valence-electron chi connectivity index (χ3n) is 1.70. The minimum absolute atomic E-state index is 0.0704. The van der Waals surface area contributed by atoms with Gasteiger partial charge >= 0.3 is 5.97 Å². The Balaban J connectivity index is 4.00. The largest absolute Gasteiger partial charge is 0.458 e. The van der Waals surface area contributed by atoms with Crippen LogP contribution in [-0.2, 0) is 9.53 Å². The third-order valence-corrected chi connectivity index (χ3v) is 1.70. The Morgan fingerprint density at radius 3 is 2.57 bits per heavy atom. The molecule has 0 aliphatic rings. The molecule has 0 rings (SSSR count). The molecule has 0 radical (unpaired) electrons. The normalized spacial score (nSPS) is 13.6. The van der Waals surface area contributed by atoms with Gasteiger partial charge in [-0.1, -0.05) is 38.5 Å². The lowest BCUT2D eigenvalue weighted by atomic mass is 10.2. The van der Waals surface area contributed by atoms with E-state index in [-0.39, 0.29) is 12.1 Å². The molecule has 2 heteroatoms. The second-order valence-corrected chi connectivity index (χ2v) is 3.16. The summed E-state index contributed by atoms with van der Waals surface area (Å²) in [5.74, 6) is -0.215. The van der Waals surface area contributed by atoms with Gasteiger partial charge in [-0.2, -0.15) is 0 Å². The van der Waals surface area contributed by atoms with Crippen LogP contribution in [0.1, 0.15) is 40.0 Å². The van der Waals surface area contributed by atoms with Crippen LogP contribution in [0.15, 0.2) is 24.3 Å². The van der Waals surface area contributed by atoms with Crippen LogP contribution in [-0.4, -0.2) is 12.1 Å². The zero-order chi connectivity index (χ0) is 10.8. The molecule has 1 atom stereocenters. The topological polar surface area (TPSA) is 26.3 Å². The number of ether oxygens (including phenoxy) is 1. The van der Waals surface area contributed by atoms with Crippen molar-refractivity contribution in [1.82, 2.24) is 0 Å². The van der Waals surface area contributed by atoms with Gasteiger partial charge in [0.25, 0.3) is 0 Å². The van der Waals surface area contributed by atoms with E-state index < -0.39 is 0 Å². The number of hydrogen-bond acceptors (Lipinski definition) is 2. The Labute approximate surface area is 86.6 Å². The Hall–Kier alpha value is -1.05. The number of esters is 1. The summed E-state index contributed by atoms with van der Waals surface area (Å²) in [5, 5.41) is 0. The zero-order valence-electron chi connectivity index (χ0n) is 9.32. The number of carbonyl (C=O) groups excluding carboxylic acids is 1. The number of hydrogen-bond donors (Lipinski definition) is 0. The van der Waals surface area contributed by atoms with Gasteiger partial charge in [0.2, 0.25) is 0 Å². The maximum absolute atomic E-state index is 10.7. The summed E-state index contributed by atoms with van der Waals surface area (Å²) in [7, 11) is 0. The lowest BCUT2D eigenvalue weighted by molar-refractivity contribution is -0.144. The molecular weight excluding hydrogens is 176 g/mol. The van der Waals surface area contributed by atoms with Gasteiger partial charge in [0.15, 0.2) is 0 Å². The van der Waals surface area contributed by atoms with E-state index in [9.17, 15) is 4.79 Å². The van der Waals surface area contributed by atoms with E-state index in [4.69, 9.17) is 4.74 Å². The highest BCUT2D eigenvalue weighted by molar-refractivity contribution is 5.66. The van der Waals surface area contributed by atoms with Gasteiger partial charge in [0.05, 0.1) is 0 Å². The molecule has 0 aromatic heterocycles. The van der Waals surface area contributed by atoms with Crippen molar-refractivity contribution in [3.05, 3.63) is 24.3 Å². The molecule has 0 saturated heterocycles. The molecule has 0 amide bonds. The fraction of sp³-hybridized carbons (Fsp3) is 0.583. The van der Waals surface area contributed by atoms with Gasteiger partial charge in [0, 0.05) is 6.92 Å². The minimum Gasteiger partial charge on any atom is -0.458 e. The summed E-state index contributed by atoms with van der Waals surface area (Å²) in [4.78, 5) is 10.7. The quantitative estimate of drug-likeness (QED) is 0.481. The standard InChI is InChI=1S/C12H20O2/c1-4-6-7-8-10-12(9-5-2)14-11(3)13/h6-8,10,12H,4-5,9H2,1-3H3/b7-6+,10-8+. The van der Waals surface area contributed by atoms with E-state index in [0.29, 0.717) is 0 Å². The van der Waals surface area contributed by atoms with E-state index in [2.05, 4.69) is 19.9 Å². The molecule has 1 unspecified atom stereocenters. The van der Waals surface area contributed by atoms with E-state index in [1.807, 2.05) is 18.2 Å². The minimum atomic E-state index is -0.215. The van der Waals surface area contributed by atoms with Crippen LogP contribution in [0.25, 0.3) is 0 Å². The molecule has 0 aromatic rings. The highest BCUT2D eigenvalue weighted by Crippen LogP contribution is 2.04. The van der Waals surface area contributed by atoms with E-state index in [1.54, 1.807) is 0 Å². The van der Waals surface area contributed by atoms with Crippen LogP contribution >= 0.6 is 0 Å². The van der Waals surface area contributed by atoms with Crippen molar-refractivity contribution < 1.29 is 9.53 Å². The molecule has 2 nitrogen and oxygen atoms in total. The Bertz CT molecular complexity index is 204. The van der Waals surface area contributed by atoms with Crippen LogP contribution in [0.5, 0.6) is 0 Å². The molecule has 14 heavy (non-hydrogen) atoms. The number of carbonyl (C=O) groups is 1. The van der Waals surface area contributed by atoms with E-state index in [1.165, 1.54) is 6.92 Å². The van der Waals surface area contributed by atoms with E-state index in [0.717, 1.165) is 19.3 Å². The van der Waals surface area contributed by atoms with Gasteiger partial charge in [-0.25, -0.2) is 0 Å². The zero-order valence-corrected chi connectivity index (χ0v) is 9.32. The summed E-state index contributed by atoms with van der Waals surface area (Å²) in [6.07, 6.45) is 10.8. The fourth-order valence-corrected chi connectivity index (χ4v) is 1.09. The van der Waals surface area contributed by atoms with Gasteiger partial charge < -0.3 is 4.74 Å². The summed E-state index contributed by atoms with van der Waals surface area (Å²) < 4.78 is 5.11. The molecule has 0 aromatic carbocycles. The molecule has 80 valence electrons. The van der Waals surface area contributed by atoms with Crippen molar-refractivity contribution in [2.45, 2.75) is 46.1 Å². The molecular formula is C12H20O2. The van der Waals surface area contributed by atoms with Crippen LogP contribution < -0.4 is 0 Å². The Morgan fingerprint density at radius 2 is 2.07 bits per heavy atom. The van der Waals surface area contributed by atoms with E-state index >= 15 is 0 Å². The van der Waals surface area contributed by atoms with Gasteiger partial charge in [-0.3, -0.25) is 4.79 Å². The van der Waals surface area contributed by atoms with Crippen LogP contribution in [0, 0.1) is 0 Å². The predicted molar refractivity (Wildman–Crippen MR) is 59.0 cm³/mol. The first-order valence-electron chi connectivity index (χ1n) is 5.21. The maximum atomic E-state index is 10.7. The van der Waals surface area contributed by atoms with Gasteiger partial charge in [-0.15, -0.1) is 0 Å². The monoisotopic (exact) mass is 196 g/mol. The molecule has 0 aliphatic carbocycles. The SMILES string of the molecule is CC/C=C/C=C/C(CCC)OC(C)=O.